The Morgan fingerprint density at radius 2 is 2.14 bits per heavy atom. The second-order valence-electron chi connectivity index (χ2n) is 3.60. The summed E-state index contributed by atoms with van der Waals surface area (Å²) in [4.78, 5) is 4.51. The van der Waals surface area contributed by atoms with Crippen LogP contribution < -0.4 is 5.73 Å². The highest BCUT2D eigenvalue weighted by atomic mass is 15.3. The zero-order valence-electron chi connectivity index (χ0n) is 9.32. The van der Waals surface area contributed by atoms with Gasteiger partial charge in [-0.15, -0.1) is 0 Å². The third-order valence-electron chi connectivity index (χ3n) is 2.46. The Bertz CT molecular complexity index is 276. The van der Waals surface area contributed by atoms with Crippen LogP contribution in [0.5, 0.6) is 0 Å². The van der Waals surface area contributed by atoms with E-state index in [4.69, 9.17) is 5.73 Å². The van der Waals surface area contributed by atoms with Gasteiger partial charge < -0.3 is 5.73 Å². The van der Waals surface area contributed by atoms with Crippen molar-refractivity contribution in [3.63, 3.8) is 0 Å². The van der Waals surface area contributed by atoms with E-state index < -0.39 is 0 Å². The third-order valence-corrected chi connectivity index (χ3v) is 2.46. The molecule has 0 bridgehead atoms. The highest BCUT2D eigenvalue weighted by molar-refractivity contribution is 5.00. The highest BCUT2D eigenvalue weighted by Gasteiger charge is 2.14. The molecule has 1 unspecified atom stereocenters. The van der Waals surface area contributed by atoms with E-state index in [1.54, 1.807) is 0 Å². The van der Waals surface area contributed by atoms with Crippen molar-refractivity contribution >= 4 is 0 Å². The zero-order chi connectivity index (χ0) is 10.6. The molecule has 0 amide bonds. The lowest BCUT2D eigenvalue weighted by Gasteiger charge is -2.09. The molecule has 1 aromatic rings. The Balaban J connectivity index is 2.85. The van der Waals surface area contributed by atoms with Crippen LogP contribution in [0.15, 0.2) is 0 Å². The minimum absolute atomic E-state index is 0.345. The topological polar surface area (TPSA) is 56.7 Å². The van der Waals surface area contributed by atoms with E-state index in [-0.39, 0.29) is 0 Å². The normalized spacial score (nSPS) is 13.1. The summed E-state index contributed by atoms with van der Waals surface area (Å²) < 4.78 is 1.87. The molecule has 2 N–H and O–H groups in total. The van der Waals surface area contributed by atoms with Crippen LogP contribution >= 0.6 is 0 Å². The molecule has 0 aromatic carbocycles. The molecule has 1 rings (SSSR count). The number of hydrogen-bond donors (Lipinski definition) is 1. The van der Waals surface area contributed by atoms with Crippen molar-refractivity contribution in [3.8, 4) is 0 Å². The molecule has 0 fully saturated rings. The zero-order valence-corrected chi connectivity index (χ0v) is 9.32. The van der Waals surface area contributed by atoms with E-state index in [1.165, 1.54) is 0 Å². The van der Waals surface area contributed by atoms with Crippen LogP contribution in [0.1, 0.15) is 44.3 Å². The van der Waals surface area contributed by atoms with Crippen molar-refractivity contribution in [1.82, 2.24) is 14.8 Å². The summed E-state index contributed by atoms with van der Waals surface area (Å²) in [5.41, 5.74) is 5.69. The van der Waals surface area contributed by atoms with Gasteiger partial charge in [0.1, 0.15) is 5.82 Å². The maximum atomic E-state index is 5.69. The van der Waals surface area contributed by atoms with E-state index in [2.05, 4.69) is 23.9 Å². The Morgan fingerprint density at radius 3 is 2.64 bits per heavy atom. The SMILES string of the molecule is CCCc1nc(C(CC)CN)n(C)n1. The molecule has 0 saturated carbocycles. The highest BCUT2D eigenvalue weighted by Crippen LogP contribution is 2.15. The Hall–Kier alpha value is -0.900. The van der Waals surface area contributed by atoms with E-state index in [1.807, 2.05) is 11.7 Å². The first kappa shape index (κ1) is 11.2. The number of aryl methyl sites for hydroxylation is 2. The lowest BCUT2D eigenvalue weighted by Crippen LogP contribution is -2.16. The van der Waals surface area contributed by atoms with Crippen LogP contribution in [-0.4, -0.2) is 21.3 Å². The molecule has 80 valence electrons. The lowest BCUT2D eigenvalue weighted by atomic mass is 10.1. The van der Waals surface area contributed by atoms with Gasteiger partial charge in [-0.2, -0.15) is 5.10 Å². The Morgan fingerprint density at radius 1 is 1.43 bits per heavy atom. The summed E-state index contributed by atoms with van der Waals surface area (Å²) in [6.07, 6.45) is 3.06. The summed E-state index contributed by atoms with van der Waals surface area (Å²) in [5.74, 6) is 2.31. The standard InChI is InChI=1S/C10H20N4/c1-4-6-9-12-10(14(3)13-9)8(5-2)7-11/h8H,4-7,11H2,1-3H3. The molecule has 0 aliphatic rings. The first-order chi connectivity index (χ1) is 6.72. The van der Waals surface area contributed by atoms with Crippen molar-refractivity contribution < 1.29 is 0 Å². The average Bonchev–Trinajstić information content (AvgIpc) is 2.51. The first-order valence-corrected chi connectivity index (χ1v) is 5.32. The molecule has 0 saturated heterocycles. The molecule has 1 atom stereocenters. The predicted molar refractivity (Wildman–Crippen MR) is 57.1 cm³/mol. The maximum Gasteiger partial charge on any atom is 0.150 e. The van der Waals surface area contributed by atoms with Crippen molar-refractivity contribution in [2.45, 2.75) is 39.0 Å². The second kappa shape index (κ2) is 5.10. The van der Waals surface area contributed by atoms with Crippen molar-refractivity contribution in [1.29, 1.82) is 0 Å². The number of rotatable bonds is 5. The number of hydrogen-bond acceptors (Lipinski definition) is 3. The molecule has 4 nitrogen and oxygen atoms in total. The molecule has 0 radical (unpaired) electrons. The van der Waals surface area contributed by atoms with Gasteiger partial charge >= 0.3 is 0 Å². The van der Waals surface area contributed by atoms with Gasteiger partial charge in [-0.1, -0.05) is 13.8 Å². The van der Waals surface area contributed by atoms with Gasteiger partial charge in [-0.05, 0) is 12.8 Å². The molecule has 4 heteroatoms. The lowest BCUT2D eigenvalue weighted by molar-refractivity contribution is 0.579. The molecule has 0 aliphatic carbocycles. The fraction of sp³-hybridized carbons (Fsp3) is 0.800. The minimum atomic E-state index is 0.345. The fourth-order valence-electron chi connectivity index (χ4n) is 1.59. The maximum absolute atomic E-state index is 5.69. The van der Waals surface area contributed by atoms with Gasteiger partial charge in [0, 0.05) is 25.9 Å². The van der Waals surface area contributed by atoms with Crippen molar-refractivity contribution in [2.24, 2.45) is 12.8 Å². The van der Waals surface area contributed by atoms with Crippen LogP contribution in [0.3, 0.4) is 0 Å². The number of aromatic nitrogens is 3. The van der Waals surface area contributed by atoms with Crippen molar-refractivity contribution in [2.75, 3.05) is 6.54 Å². The van der Waals surface area contributed by atoms with Gasteiger partial charge in [0.15, 0.2) is 5.82 Å². The van der Waals surface area contributed by atoms with Gasteiger partial charge in [-0.3, -0.25) is 4.68 Å². The Kier molecular flexibility index (Phi) is 4.07. The van der Waals surface area contributed by atoms with Gasteiger partial charge in [-0.25, -0.2) is 4.98 Å². The molecular formula is C10H20N4. The van der Waals surface area contributed by atoms with Crippen molar-refractivity contribution in [3.05, 3.63) is 11.6 Å². The van der Waals surface area contributed by atoms with E-state index >= 15 is 0 Å². The van der Waals surface area contributed by atoms with E-state index in [0.717, 1.165) is 30.9 Å². The van der Waals surface area contributed by atoms with Crippen LogP contribution in [0, 0.1) is 0 Å². The summed E-state index contributed by atoms with van der Waals surface area (Å²) in [6, 6.07) is 0. The predicted octanol–water partition coefficient (Wildman–Crippen LogP) is 1.22. The summed E-state index contributed by atoms with van der Waals surface area (Å²) >= 11 is 0. The molecule has 1 heterocycles. The largest absolute Gasteiger partial charge is 0.330 e. The van der Waals surface area contributed by atoms with Crippen LogP contribution in [-0.2, 0) is 13.5 Å². The Labute approximate surface area is 85.5 Å². The minimum Gasteiger partial charge on any atom is -0.330 e. The van der Waals surface area contributed by atoms with Gasteiger partial charge in [0.2, 0.25) is 0 Å². The summed E-state index contributed by atoms with van der Waals surface area (Å²) in [5, 5.41) is 4.37. The van der Waals surface area contributed by atoms with Gasteiger partial charge in [0.25, 0.3) is 0 Å². The monoisotopic (exact) mass is 196 g/mol. The molecular weight excluding hydrogens is 176 g/mol. The number of nitrogens with zero attached hydrogens (tertiary/aromatic N) is 3. The average molecular weight is 196 g/mol. The molecule has 1 aromatic heterocycles. The van der Waals surface area contributed by atoms with Crippen LogP contribution in [0.25, 0.3) is 0 Å². The fourth-order valence-corrected chi connectivity index (χ4v) is 1.59. The quantitative estimate of drug-likeness (QED) is 0.770. The first-order valence-electron chi connectivity index (χ1n) is 5.32. The van der Waals surface area contributed by atoms with Gasteiger partial charge in [0.05, 0.1) is 0 Å². The van der Waals surface area contributed by atoms with E-state index in [9.17, 15) is 0 Å². The summed E-state index contributed by atoms with van der Waals surface area (Å²) in [7, 11) is 1.94. The third kappa shape index (κ3) is 2.32. The number of nitrogens with two attached hydrogens (primary N) is 1. The molecule has 0 aliphatic heterocycles. The second-order valence-corrected chi connectivity index (χ2v) is 3.60. The molecule has 14 heavy (non-hydrogen) atoms. The summed E-state index contributed by atoms with van der Waals surface area (Å²) in [6.45, 7) is 4.91. The molecule has 0 spiro atoms. The van der Waals surface area contributed by atoms with Crippen LogP contribution in [0.2, 0.25) is 0 Å². The smallest absolute Gasteiger partial charge is 0.150 e. The van der Waals surface area contributed by atoms with Crippen LogP contribution in [0.4, 0.5) is 0 Å². The van der Waals surface area contributed by atoms with E-state index in [0.29, 0.717) is 12.5 Å².